The van der Waals surface area contributed by atoms with E-state index in [1.165, 1.54) is 0 Å². The van der Waals surface area contributed by atoms with Gasteiger partial charge in [0.25, 0.3) is 0 Å². The number of nitrogens with two attached hydrogens (primary N) is 1. The van der Waals surface area contributed by atoms with E-state index in [-0.39, 0.29) is 0 Å². The molecule has 2 amide bonds. The third-order valence-electron chi connectivity index (χ3n) is 1.64. The van der Waals surface area contributed by atoms with Gasteiger partial charge in [-0.3, -0.25) is 0 Å². The molecular weight excluding hydrogens is 166 g/mol. The number of urea groups is 1. The van der Waals surface area contributed by atoms with Crippen LogP contribution < -0.4 is 16.0 Å². The molecule has 0 aliphatic carbocycles. The van der Waals surface area contributed by atoms with Crippen molar-refractivity contribution in [1.29, 1.82) is 0 Å². The third-order valence-corrected chi connectivity index (χ3v) is 1.64. The number of para-hydroxylation sites is 2. The predicted octanol–water partition coefficient (Wildman–Crippen LogP) is 1.24. The lowest BCUT2D eigenvalue weighted by Gasteiger charge is -2.16. The fraction of sp³-hybridized carbons (Fsp3) is 0.222. The SMILES string of the molecule is CN(C)c1ccccc1NC(N)=O. The second kappa shape index (κ2) is 3.80. The van der Waals surface area contributed by atoms with Crippen molar-refractivity contribution in [2.45, 2.75) is 0 Å². The van der Waals surface area contributed by atoms with Gasteiger partial charge < -0.3 is 16.0 Å². The topological polar surface area (TPSA) is 58.4 Å². The van der Waals surface area contributed by atoms with Gasteiger partial charge in [-0.25, -0.2) is 4.79 Å². The lowest BCUT2D eigenvalue weighted by Crippen LogP contribution is -2.21. The molecule has 0 atom stereocenters. The first-order valence-corrected chi connectivity index (χ1v) is 3.94. The first-order valence-electron chi connectivity index (χ1n) is 3.94. The van der Waals surface area contributed by atoms with Gasteiger partial charge in [-0.1, -0.05) is 12.1 Å². The van der Waals surface area contributed by atoms with Crippen LogP contribution in [0.3, 0.4) is 0 Å². The molecule has 70 valence electrons. The second-order valence-corrected chi connectivity index (χ2v) is 2.90. The summed E-state index contributed by atoms with van der Waals surface area (Å²) >= 11 is 0. The van der Waals surface area contributed by atoms with Crippen LogP contribution in [-0.4, -0.2) is 20.1 Å². The molecule has 1 rings (SSSR count). The van der Waals surface area contributed by atoms with E-state index < -0.39 is 6.03 Å². The number of hydrogen-bond acceptors (Lipinski definition) is 2. The van der Waals surface area contributed by atoms with Gasteiger partial charge in [-0.05, 0) is 12.1 Å². The molecule has 0 spiro atoms. The van der Waals surface area contributed by atoms with Crippen molar-refractivity contribution in [2.24, 2.45) is 5.73 Å². The fourth-order valence-corrected chi connectivity index (χ4v) is 1.10. The molecule has 0 fully saturated rings. The molecule has 0 bridgehead atoms. The highest BCUT2D eigenvalue weighted by molar-refractivity contribution is 5.91. The first kappa shape index (κ1) is 9.38. The largest absolute Gasteiger partial charge is 0.376 e. The maximum Gasteiger partial charge on any atom is 0.316 e. The van der Waals surface area contributed by atoms with E-state index >= 15 is 0 Å². The summed E-state index contributed by atoms with van der Waals surface area (Å²) < 4.78 is 0. The van der Waals surface area contributed by atoms with Crippen LogP contribution in [0.4, 0.5) is 16.2 Å². The van der Waals surface area contributed by atoms with E-state index in [1.54, 1.807) is 6.07 Å². The van der Waals surface area contributed by atoms with Crippen molar-refractivity contribution in [3.8, 4) is 0 Å². The number of carbonyl (C=O) groups is 1. The normalized spacial score (nSPS) is 9.38. The highest BCUT2D eigenvalue weighted by Gasteiger charge is 2.03. The lowest BCUT2D eigenvalue weighted by molar-refractivity contribution is 0.259. The third kappa shape index (κ3) is 2.37. The molecule has 0 aliphatic heterocycles. The van der Waals surface area contributed by atoms with Crippen molar-refractivity contribution >= 4 is 17.4 Å². The minimum absolute atomic E-state index is 0.547. The standard InChI is InChI=1S/C9H13N3O/c1-12(2)8-6-4-3-5-7(8)11-9(10)13/h3-6H,1-2H3,(H3,10,11,13). The van der Waals surface area contributed by atoms with Crippen molar-refractivity contribution in [3.63, 3.8) is 0 Å². The number of nitrogens with zero attached hydrogens (tertiary/aromatic N) is 1. The van der Waals surface area contributed by atoms with Crippen LogP contribution in [0.25, 0.3) is 0 Å². The average molecular weight is 179 g/mol. The first-order chi connectivity index (χ1) is 6.11. The number of rotatable bonds is 2. The molecule has 0 aliphatic rings. The number of hydrogen-bond donors (Lipinski definition) is 2. The molecule has 13 heavy (non-hydrogen) atoms. The minimum atomic E-state index is -0.547. The van der Waals surface area contributed by atoms with Crippen LogP contribution in [0.5, 0.6) is 0 Å². The maximum atomic E-state index is 10.6. The van der Waals surface area contributed by atoms with Crippen LogP contribution in [0.1, 0.15) is 0 Å². The lowest BCUT2D eigenvalue weighted by atomic mass is 10.2. The Kier molecular flexibility index (Phi) is 2.74. The zero-order chi connectivity index (χ0) is 9.84. The van der Waals surface area contributed by atoms with Crippen LogP contribution in [0.2, 0.25) is 0 Å². The minimum Gasteiger partial charge on any atom is -0.376 e. The van der Waals surface area contributed by atoms with Gasteiger partial charge in [0.1, 0.15) is 0 Å². The quantitative estimate of drug-likeness (QED) is 0.717. The Hall–Kier alpha value is -1.71. The summed E-state index contributed by atoms with van der Waals surface area (Å²) in [4.78, 5) is 12.5. The summed E-state index contributed by atoms with van der Waals surface area (Å²) in [5.41, 5.74) is 6.68. The van der Waals surface area contributed by atoms with Gasteiger partial charge in [-0.15, -0.1) is 0 Å². The smallest absolute Gasteiger partial charge is 0.316 e. The molecule has 0 aromatic heterocycles. The Morgan fingerprint density at radius 1 is 1.38 bits per heavy atom. The van der Waals surface area contributed by atoms with Crippen molar-refractivity contribution < 1.29 is 4.79 Å². The molecule has 0 radical (unpaired) electrons. The molecule has 3 N–H and O–H groups in total. The van der Waals surface area contributed by atoms with Gasteiger partial charge in [0.05, 0.1) is 11.4 Å². The molecule has 4 heteroatoms. The van der Waals surface area contributed by atoms with Gasteiger partial charge in [0, 0.05) is 14.1 Å². The summed E-state index contributed by atoms with van der Waals surface area (Å²) in [6, 6.07) is 6.92. The maximum absolute atomic E-state index is 10.6. The molecule has 4 nitrogen and oxygen atoms in total. The van der Waals surface area contributed by atoms with E-state index in [4.69, 9.17) is 5.73 Å². The predicted molar refractivity (Wildman–Crippen MR) is 54.0 cm³/mol. The Balaban J connectivity index is 2.97. The average Bonchev–Trinajstić information content (AvgIpc) is 2.03. The number of benzene rings is 1. The van der Waals surface area contributed by atoms with Crippen LogP contribution in [0, 0.1) is 0 Å². The zero-order valence-electron chi connectivity index (χ0n) is 7.74. The summed E-state index contributed by atoms with van der Waals surface area (Å²) in [6.07, 6.45) is 0. The van der Waals surface area contributed by atoms with E-state index in [9.17, 15) is 4.79 Å². The highest BCUT2D eigenvalue weighted by Crippen LogP contribution is 2.22. The van der Waals surface area contributed by atoms with E-state index in [0.29, 0.717) is 0 Å². The number of nitrogens with one attached hydrogen (secondary N) is 1. The zero-order valence-corrected chi connectivity index (χ0v) is 7.74. The van der Waals surface area contributed by atoms with Crippen LogP contribution in [-0.2, 0) is 0 Å². The molecule has 0 saturated carbocycles. The number of anilines is 2. The van der Waals surface area contributed by atoms with Crippen molar-refractivity contribution in [1.82, 2.24) is 0 Å². The molecule has 0 unspecified atom stereocenters. The molecular formula is C9H13N3O. The van der Waals surface area contributed by atoms with Crippen molar-refractivity contribution in [3.05, 3.63) is 24.3 Å². The fourth-order valence-electron chi connectivity index (χ4n) is 1.10. The Bertz CT molecular complexity index is 309. The molecule has 1 aromatic carbocycles. The number of carbonyl (C=O) groups excluding carboxylic acids is 1. The Morgan fingerprint density at radius 2 is 2.00 bits per heavy atom. The summed E-state index contributed by atoms with van der Waals surface area (Å²) in [6.45, 7) is 0. The van der Waals surface area contributed by atoms with Crippen LogP contribution in [0.15, 0.2) is 24.3 Å². The van der Waals surface area contributed by atoms with E-state index in [0.717, 1.165) is 11.4 Å². The summed E-state index contributed by atoms with van der Waals surface area (Å²) in [7, 11) is 3.81. The Labute approximate surface area is 77.3 Å². The monoisotopic (exact) mass is 179 g/mol. The van der Waals surface area contributed by atoms with Gasteiger partial charge in [0.15, 0.2) is 0 Å². The van der Waals surface area contributed by atoms with Gasteiger partial charge in [-0.2, -0.15) is 0 Å². The van der Waals surface area contributed by atoms with Crippen molar-refractivity contribution in [2.75, 3.05) is 24.3 Å². The van der Waals surface area contributed by atoms with Crippen LogP contribution >= 0.6 is 0 Å². The molecule has 1 aromatic rings. The number of primary amides is 1. The van der Waals surface area contributed by atoms with E-state index in [1.807, 2.05) is 37.2 Å². The summed E-state index contributed by atoms with van der Waals surface area (Å²) in [5, 5.41) is 2.55. The highest BCUT2D eigenvalue weighted by atomic mass is 16.2. The summed E-state index contributed by atoms with van der Waals surface area (Å²) in [5.74, 6) is 0. The Morgan fingerprint density at radius 3 is 2.54 bits per heavy atom. The number of amides is 2. The van der Waals surface area contributed by atoms with E-state index in [2.05, 4.69) is 5.32 Å². The van der Waals surface area contributed by atoms with Gasteiger partial charge in [0.2, 0.25) is 0 Å². The van der Waals surface area contributed by atoms with Gasteiger partial charge >= 0.3 is 6.03 Å². The molecule has 0 heterocycles. The second-order valence-electron chi connectivity index (χ2n) is 2.90. The molecule has 0 saturated heterocycles.